The maximum Gasteiger partial charge on any atom is 0.248 e. The Kier molecular flexibility index (Phi) is 6.27. The van der Waals surface area contributed by atoms with Crippen molar-refractivity contribution in [2.75, 3.05) is 32.8 Å². The number of methoxy groups -OCH3 is 3. The van der Waals surface area contributed by atoms with Crippen LogP contribution in [0.4, 0.5) is 5.69 Å². The van der Waals surface area contributed by atoms with E-state index in [9.17, 15) is 10.1 Å². The third-order valence-corrected chi connectivity index (χ3v) is 5.49. The SMILES string of the molecule is COc1ccc(CN2C(=O)CN=C(c3cccc(C#N)c3)c3cc(OC)c(OC)cc32)cc1. The molecule has 0 saturated carbocycles. The molecule has 0 N–H and O–H groups in total. The molecule has 7 heteroatoms. The van der Waals surface area contributed by atoms with Gasteiger partial charge in [-0.05, 0) is 35.9 Å². The molecule has 1 aliphatic rings. The molecule has 1 heterocycles. The second-order valence-corrected chi connectivity index (χ2v) is 7.41. The Hall–Kier alpha value is -4.31. The monoisotopic (exact) mass is 441 g/mol. The number of hydrogen-bond acceptors (Lipinski definition) is 6. The van der Waals surface area contributed by atoms with Crippen LogP contribution in [0.2, 0.25) is 0 Å². The van der Waals surface area contributed by atoms with Crippen molar-refractivity contribution >= 4 is 17.3 Å². The van der Waals surface area contributed by atoms with Gasteiger partial charge in [0.2, 0.25) is 5.91 Å². The van der Waals surface area contributed by atoms with Crippen LogP contribution in [-0.4, -0.2) is 39.5 Å². The van der Waals surface area contributed by atoms with Crippen LogP contribution < -0.4 is 19.1 Å². The summed E-state index contributed by atoms with van der Waals surface area (Å²) in [4.78, 5) is 19.6. The predicted molar refractivity (Wildman–Crippen MR) is 125 cm³/mol. The quantitative estimate of drug-likeness (QED) is 0.578. The maximum absolute atomic E-state index is 13.2. The lowest BCUT2D eigenvalue weighted by Crippen LogP contribution is -2.32. The topological polar surface area (TPSA) is 84.2 Å². The van der Waals surface area contributed by atoms with Gasteiger partial charge in [-0.2, -0.15) is 5.26 Å². The normalized spacial score (nSPS) is 12.8. The van der Waals surface area contributed by atoms with Crippen molar-refractivity contribution in [3.05, 3.63) is 82.9 Å². The van der Waals surface area contributed by atoms with Gasteiger partial charge in [-0.3, -0.25) is 9.79 Å². The molecule has 0 unspecified atom stereocenters. The summed E-state index contributed by atoms with van der Waals surface area (Å²) >= 11 is 0. The molecule has 3 aromatic carbocycles. The summed E-state index contributed by atoms with van der Waals surface area (Å²) in [5.74, 6) is 1.64. The van der Waals surface area contributed by atoms with Gasteiger partial charge >= 0.3 is 0 Å². The summed E-state index contributed by atoms with van der Waals surface area (Å²) in [7, 11) is 4.74. The zero-order valence-electron chi connectivity index (χ0n) is 18.7. The Morgan fingerprint density at radius 3 is 2.36 bits per heavy atom. The van der Waals surface area contributed by atoms with Crippen LogP contribution in [0.5, 0.6) is 17.2 Å². The highest BCUT2D eigenvalue weighted by molar-refractivity contribution is 6.20. The largest absolute Gasteiger partial charge is 0.497 e. The van der Waals surface area contributed by atoms with E-state index in [1.807, 2.05) is 36.4 Å². The number of fused-ring (bicyclic) bond motifs is 1. The molecule has 0 aliphatic carbocycles. The van der Waals surface area contributed by atoms with Crippen molar-refractivity contribution in [2.24, 2.45) is 4.99 Å². The van der Waals surface area contributed by atoms with E-state index in [4.69, 9.17) is 14.2 Å². The lowest BCUT2D eigenvalue weighted by atomic mass is 9.98. The van der Waals surface area contributed by atoms with Gasteiger partial charge in [0.1, 0.15) is 12.3 Å². The summed E-state index contributed by atoms with van der Waals surface area (Å²) < 4.78 is 16.3. The molecular weight excluding hydrogens is 418 g/mol. The number of amides is 1. The van der Waals surface area contributed by atoms with Crippen molar-refractivity contribution < 1.29 is 19.0 Å². The van der Waals surface area contributed by atoms with Gasteiger partial charge < -0.3 is 19.1 Å². The molecule has 0 bridgehead atoms. The molecule has 0 radical (unpaired) electrons. The van der Waals surface area contributed by atoms with E-state index in [1.54, 1.807) is 50.5 Å². The third kappa shape index (κ3) is 4.37. The predicted octanol–water partition coefficient (Wildman–Crippen LogP) is 3.97. The third-order valence-electron chi connectivity index (χ3n) is 5.49. The number of benzodiazepines with no additional fused rings is 1. The Labute approximate surface area is 192 Å². The van der Waals surface area contributed by atoms with Gasteiger partial charge in [0.05, 0.1) is 50.9 Å². The van der Waals surface area contributed by atoms with Crippen LogP contribution in [0.1, 0.15) is 22.3 Å². The van der Waals surface area contributed by atoms with E-state index >= 15 is 0 Å². The van der Waals surface area contributed by atoms with Gasteiger partial charge in [0, 0.05) is 17.2 Å². The first-order valence-electron chi connectivity index (χ1n) is 10.3. The number of rotatable bonds is 6. The number of hydrogen-bond donors (Lipinski definition) is 0. The smallest absolute Gasteiger partial charge is 0.248 e. The molecule has 4 rings (SSSR count). The summed E-state index contributed by atoms with van der Waals surface area (Å²) in [6, 6.07) is 20.5. The minimum atomic E-state index is -0.147. The van der Waals surface area contributed by atoms with Crippen LogP contribution in [0.25, 0.3) is 0 Å². The van der Waals surface area contributed by atoms with E-state index in [1.165, 1.54) is 0 Å². The van der Waals surface area contributed by atoms with E-state index < -0.39 is 0 Å². The Morgan fingerprint density at radius 2 is 1.70 bits per heavy atom. The number of carbonyl (C=O) groups is 1. The fourth-order valence-corrected chi connectivity index (χ4v) is 3.80. The first kappa shape index (κ1) is 21.9. The zero-order chi connectivity index (χ0) is 23.4. The van der Waals surface area contributed by atoms with Gasteiger partial charge in [0.15, 0.2) is 11.5 Å². The number of benzene rings is 3. The second-order valence-electron chi connectivity index (χ2n) is 7.41. The average Bonchev–Trinajstić information content (AvgIpc) is 2.99. The van der Waals surface area contributed by atoms with Gasteiger partial charge in [-0.25, -0.2) is 0 Å². The number of aliphatic imine (C=N–C) groups is 1. The number of nitrogens with zero attached hydrogens (tertiary/aromatic N) is 3. The number of nitriles is 1. The molecule has 7 nitrogen and oxygen atoms in total. The Morgan fingerprint density at radius 1 is 0.970 bits per heavy atom. The van der Waals surface area contributed by atoms with Crippen molar-refractivity contribution in [1.29, 1.82) is 5.26 Å². The van der Waals surface area contributed by atoms with Crippen molar-refractivity contribution in [2.45, 2.75) is 6.54 Å². The minimum Gasteiger partial charge on any atom is -0.497 e. The van der Waals surface area contributed by atoms with Gasteiger partial charge in [-0.15, -0.1) is 0 Å². The fourth-order valence-electron chi connectivity index (χ4n) is 3.80. The summed E-state index contributed by atoms with van der Waals surface area (Å²) in [6.07, 6.45) is 0. The highest BCUT2D eigenvalue weighted by Crippen LogP contribution is 2.38. The molecule has 0 aromatic heterocycles. The maximum atomic E-state index is 13.2. The molecule has 0 spiro atoms. The van der Waals surface area contributed by atoms with Gasteiger partial charge in [0.25, 0.3) is 0 Å². The lowest BCUT2D eigenvalue weighted by molar-refractivity contribution is -0.117. The fraction of sp³-hybridized carbons (Fsp3) is 0.192. The minimum absolute atomic E-state index is 0.0262. The molecule has 1 amide bonds. The lowest BCUT2D eigenvalue weighted by Gasteiger charge is -2.25. The van der Waals surface area contributed by atoms with Crippen LogP contribution in [0, 0.1) is 11.3 Å². The zero-order valence-corrected chi connectivity index (χ0v) is 18.7. The first-order valence-corrected chi connectivity index (χ1v) is 10.3. The second kappa shape index (κ2) is 9.45. The van der Waals surface area contributed by atoms with Crippen LogP contribution in [-0.2, 0) is 11.3 Å². The Balaban J connectivity index is 1.86. The molecular formula is C26H23N3O4. The van der Waals surface area contributed by atoms with Crippen LogP contribution >= 0.6 is 0 Å². The summed E-state index contributed by atoms with van der Waals surface area (Å²) in [5.41, 5.74) is 4.21. The first-order chi connectivity index (χ1) is 16.1. The van der Waals surface area contributed by atoms with Crippen molar-refractivity contribution in [3.63, 3.8) is 0 Å². The molecule has 1 aliphatic heterocycles. The van der Waals surface area contributed by atoms with E-state index in [2.05, 4.69) is 11.1 Å². The highest BCUT2D eigenvalue weighted by atomic mass is 16.5. The summed E-state index contributed by atoms with van der Waals surface area (Å²) in [6.45, 7) is 0.327. The number of ether oxygens (including phenoxy) is 3. The number of anilines is 1. The molecule has 0 fully saturated rings. The van der Waals surface area contributed by atoms with Crippen molar-refractivity contribution in [1.82, 2.24) is 0 Å². The van der Waals surface area contributed by atoms with E-state index in [0.717, 1.165) is 22.4 Å². The standard InChI is InChI=1S/C26H23N3O4/c1-31-20-9-7-17(8-10-20)16-29-22-13-24(33-3)23(32-2)12-21(22)26(28-15-25(29)30)19-6-4-5-18(11-19)14-27/h4-13H,15-16H2,1-3H3. The van der Waals surface area contributed by atoms with Crippen LogP contribution in [0.3, 0.4) is 0 Å². The van der Waals surface area contributed by atoms with E-state index in [0.29, 0.717) is 35.0 Å². The molecule has 33 heavy (non-hydrogen) atoms. The average molecular weight is 441 g/mol. The molecule has 0 saturated heterocycles. The molecule has 3 aromatic rings. The van der Waals surface area contributed by atoms with Crippen molar-refractivity contribution in [3.8, 4) is 23.3 Å². The molecule has 0 atom stereocenters. The highest BCUT2D eigenvalue weighted by Gasteiger charge is 2.28. The number of carbonyl (C=O) groups excluding carboxylic acids is 1. The molecule has 166 valence electrons. The van der Waals surface area contributed by atoms with Gasteiger partial charge in [-0.1, -0.05) is 24.3 Å². The summed E-state index contributed by atoms with van der Waals surface area (Å²) in [5, 5.41) is 9.35. The van der Waals surface area contributed by atoms with Crippen LogP contribution in [0.15, 0.2) is 65.7 Å². The van der Waals surface area contributed by atoms with E-state index in [-0.39, 0.29) is 12.5 Å². The Bertz CT molecular complexity index is 1260.